The number of carbonyl (C=O) groups excluding carboxylic acids is 1. The number of nitrogens with zero attached hydrogens (tertiary/aromatic N) is 1. The van der Waals surface area contributed by atoms with E-state index in [0.29, 0.717) is 18.8 Å². The minimum atomic E-state index is -0.441. The highest BCUT2D eigenvalue weighted by Crippen LogP contribution is 2.25. The van der Waals surface area contributed by atoms with Crippen LogP contribution in [-0.4, -0.2) is 29.6 Å². The van der Waals surface area contributed by atoms with Crippen LogP contribution < -0.4 is 15.8 Å². The van der Waals surface area contributed by atoms with Gasteiger partial charge in [-0.3, -0.25) is 4.79 Å². The molecule has 2 rings (SSSR count). The lowest BCUT2D eigenvalue weighted by Crippen LogP contribution is -2.45. The zero-order chi connectivity index (χ0) is 16.2. The van der Waals surface area contributed by atoms with Gasteiger partial charge in [-0.2, -0.15) is 0 Å². The van der Waals surface area contributed by atoms with E-state index < -0.39 is 5.54 Å². The summed E-state index contributed by atoms with van der Waals surface area (Å²) < 4.78 is 5.41. The monoisotopic (exact) mass is 319 g/mol. The van der Waals surface area contributed by atoms with Crippen molar-refractivity contribution in [3.8, 4) is 16.3 Å². The van der Waals surface area contributed by atoms with Crippen molar-refractivity contribution >= 4 is 17.2 Å². The van der Waals surface area contributed by atoms with E-state index in [0.717, 1.165) is 16.3 Å². The van der Waals surface area contributed by atoms with Crippen molar-refractivity contribution < 1.29 is 9.53 Å². The highest BCUT2D eigenvalue weighted by molar-refractivity contribution is 7.13. The molecule has 0 bridgehead atoms. The highest BCUT2D eigenvalue weighted by atomic mass is 32.1. The van der Waals surface area contributed by atoms with Gasteiger partial charge >= 0.3 is 0 Å². The van der Waals surface area contributed by atoms with Crippen LogP contribution in [0.4, 0.5) is 0 Å². The summed E-state index contributed by atoms with van der Waals surface area (Å²) in [6.45, 7) is 6.71. The molecule has 0 saturated carbocycles. The first kappa shape index (κ1) is 16.5. The van der Waals surface area contributed by atoms with Gasteiger partial charge in [0.25, 0.3) is 5.91 Å². The zero-order valence-electron chi connectivity index (χ0n) is 13.1. The molecule has 0 spiro atoms. The second kappa shape index (κ2) is 6.89. The normalized spacial score (nSPS) is 11.3. The van der Waals surface area contributed by atoms with Crippen LogP contribution in [0.25, 0.3) is 10.6 Å². The lowest BCUT2D eigenvalue weighted by Gasteiger charge is -2.18. The van der Waals surface area contributed by atoms with Crippen LogP contribution in [0, 0.1) is 0 Å². The Labute approximate surface area is 134 Å². The summed E-state index contributed by atoms with van der Waals surface area (Å²) in [6, 6.07) is 7.68. The van der Waals surface area contributed by atoms with E-state index in [-0.39, 0.29) is 5.91 Å². The first-order valence-electron chi connectivity index (χ1n) is 7.15. The van der Waals surface area contributed by atoms with Gasteiger partial charge in [-0.1, -0.05) is 0 Å². The van der Waals surface area contributed by atoms with Crippen molar-refractivity contribution in [3.63, 3.8) is 0 Å². The van der Waals surface area contributed by atoms with Crippen molar-refractivity contribution in [1.29, 1.82) is 0 Å². The number of benzene rings is 1. The zero-order valence-corrected chi connectivity index (χ0v) is 13.9. The largest absolute Gasteiger partial charge is 0.494 e. The third-order valence-corrected chi connectivity index (χ3v) is 3.75. The van der Waals surface area contributed by atoms with E-state index >= 15 is 0 Å². The van der Waals surface area contributed by atoms with E-state index in [1.54, 1.807) is 5.38 Å². The van der Waals surface area contributed by atoms with Gasteiger partial charge in [0, 0.05) is 23.0 Å². The van der Waals surface area contributed by atoms with Crippen LogP contribution in [0.2, 0.25) is 0 Å². The molecule has 6 heteroatoms. The van der Waals surface area contributed by atoms with Gasteiger partial charge in [0.15, 0.2) is 0 Å². The molecule has 5 nitrogen and oxygen atoms in total. The number of ether oxygens (including phenoxy) is 1. The summed E-state index contributed by atoms with van der Waals surface area (Å²) in [5.74, 6) is 0.623. The van der Waals surface area contributed by atoms with E-state index in [2.05, 4.69) is 10.3 Å². The molecule has 0 aliphatic rings. The Bertz CT molecular complexity index is 630. The third-order valence-electron chi connectivity index (χ3n) is 2.85. The van der Waals surface area contributed by atoms with Gasteiger partial charge in [-0.05, 0) is 45.0 Å². The molecule has 0 aliphatic carbocycles. The fraction of sp³-hybridized carbons (Fsp3) is 0.375. The molecule has 2 aromatic rings. The van der Waals surface area contributed by atoms with E-state index in [1.807, 2.05) is 45.0 Å². The Balaban J connectivity index is 2.05. The van der Waals surface area contributed by atoms with Gasteiger partial charge in [0.05, 0.1) is 6.61 Å². The average Bonchev–Trinajstić information content (AvgIpc) is 2.95. The lowest BCUT2D eigenvalue weighted by atomic mass is 10.1. The van der Waals surface area contributed by atoms with Gasteiger partial charge < -0.3 is 15.8 Å². The lowest BCUT2D eigenvalue weighted by molar-refractivity contribution is 0.0942. The van der Waals surface area contributed by atoms with Crippen LogP contribution in [0.1, 0.15) is 31.3 Å². The maximum absolute atomic E-state index is 12.0. The Morgan fingerprint density at radius 3 is 2.64 bits per heavy atom. The molecule has 0 unspecified atom stereocenters. The molecule has 0 radical (unpaired) electrons. The average molecular weight is 319 g/mol. The van der Waals surface area contributed by atoms with Crippen LogP contribution in [-0.2, 0) is 0 Å². The number of hydrogen-bond donors (Lipinski definition) is 2. The van der Waals surface area contributed by atoms with Crippen LogP contribution >= 0.6 is 11.3 Å². The minimum Gasteiger partial charge on any atom is -0.494 e. The van der Waals surface area contributed by atoms with E-state index in [1.165, 1.54) is 11.3 Å². The summed E-state index contributed by atoms with van der Waals surface area (Å²) in [4.78, 5) is 16.4. The number of thiazole rings is 1. The predicted molar refractivity (Wildman–Crippen MR) is 89.3 cm³/mol. The SMILES string of the molecule is CCOc1ccc(-c2nc(C(=O)NCC(C)(C)N)cs2)cc1. The fourth-order valence-corrected chi connectivity index (χ4v) is 2.58. The standard InChI is InChI=1S/C16H21N3O2S/c1-4-21-12-7-5-11(6-8-12)15-19-13(9-22-15)14(20)18-10-16(2,3)17/h5-9H,4,10,17H2,1-3H3,(H,18,20). The molecule has 22 heavy (non-hydrogen) atoms. The number of nitrogens with two attached hydrogens (primary N) is 1. The minimum absolute atomic E-state index is 0.202. The Hall–Kier alpha value is -1.92. The van der Waals surface area contributed by atoms with Gasteiger partial charge in [-0.15, -0.1) is 11.3 Å². The molecular weight excluding hydrogens is 298 g/mol. The smallest absolute Gasteiger partial charge is 0.270 e. The van der Waals surface area contributed by atoms with Crippen LogP contribution in [0.3, 0.4) is 0 Å². The van der Waals surface area contributed by atoms with E-state index in [4.69, 9.17) is 10.5 Å². The molecule has 0 aliphatic heterocycles. The number of carbonyl (C=O) groups is 1. The first-order chi connectivity index (χ1) is 10.4. The summed E-state index contributed by atoms with van der Waals surface area (Å²) in [5.41, 5.74) is 6.79. The van der Waals surface area contributed by atoms with Gasteiger partial charge in [0.2, 0.25) is 0 Å². The molecule has 1 aromatic heterocycles. The quantitative estimate of drug-likeness (QED) is 0.858. The van der Waals surface area contributed by atoms with Gasteiger partial charge in [0.1, 0.15) is 16.5 Å². The number of rotatable bonds is 6. The van der Waals surface area contributed by atoms with Crippen molar-refractivity contribution in [2.45, 2.75) is 26.3 Å². The summed E-state index contributed by atoms with van der Waals surface area (Å²) in [5, 5.41) is 5.35. The Kier molecular flexibility index (Phi) is 5.15. The maximum Gasteiger partial charge on any atom is 0.270 e. The fourth-order valence-electron chi connectivity index (χ4n) is 1.77. The first-order valence-corrected chi connectivity index (χ1v) is 8.03. The second-order valence-corrected chi connectivity index (χ2v) is 6.52. The van der Waals surface area contributed by atoms with E-state index in [9.17, 15) is 4.79 Å². The Morgan fingerprint density at radius 1 is 1.36 bits per heavy atom. The number of amides is 1. The topological polar surface area (TPSA) is 77.2 Å². The third kappa shape index (κ3) is 4.54. The molecule has 1 heterocycles. The molecule has 1 aromatic carbocycles. The molecule has 0 saturated heterocycles. The number of aromatic nitrogens is 1. The summed E-state index contributed by atoms with van der Waals surface area (Å²) in [6.07, 6.45) is 0. The number of nitrogens with one attached hydrogen (secondary N) is 1. The van der Waals surface area contributed by atoms with Crippen molar-refractivity contribution in [1.82, 2.24) is 10.3 Å². The molecule has 3 N–H and O–H groups in total. The summed E-state index contributed by atoms with van der Waals surface area (Å²) in [7, 11) is 0. The second-order valence-electron chi connectivity index (χ2n) is 5.67. The van der Waals surface area contributed by atoms with Crippen molar-refractivity contribution in [3.05, 3.63) is 35.3 Å². The Morgan fingerprint density at radius 2 is 2.05 bits per heavy atom. The number of hydrogen-bond acceptors (Lipinski definition) is 5. The van der Waals surface area contributed by atoms with Crippen molar-refractivity contribution in [2.24, 2.45) is 5.73 Å². The van der Waals surface area contributed by atoms with Crippen molar-refractivity contribution in [2.75, 3.05) is 13.2 Å². The van der Waals surface area contributed by atoms with Gasteiger partial charge in [-0.25, -0.2) is 4.98 Å². The molecule has 0 fully saturated rings. The molecule has 1 amide bonds. The van der Waals surface area contributed by atoms with Crippen LogP contribution in [0.15, 0.2) is 29.6 Å². The summed E-state index contributed by atoms with van der Waals surface area (Å²) >= 11 is 1.44. The molecular formula is C16H21N3O2S. The van der Waals surface area contributed by atoms with Crippen LogP contribution in [0.5, 0.6) is 5.75 Å². The maximum atomic E-state index is 12.0. The predicted octanol–water partition coefficient (Wildman–Crippen LogP) is 2.68. The molecule has 118 valence electrons. The molecule has 0 atom stereocenters. The highest BCUT2D eigenvalue weighted by Gasteiger charge is 2.16.